The van der Waals surface area contributed by atoms with E-state index in [2.05, 4.69) is 13.5 Å². The Balaban J connectivity index is 1.88. The van der Waals surface area contributed by atoms with Crippen LogP contribution in [0.2, 0.25) is 0 Å². The number of rotatable bonds is 0. The number of fused-ring (bicyclic) bond motifs is 2. The first-order valence-electron chi connectivity index (χ1n) is 6.89. The maximum absolute atomic E-state index is 11.7. The van der Waals surface area contributed by atoms with Crippen molar-refractivity contribution in [1.29, 1.82) is 0 Å². The molecule has 2 nitrogen and oxygen atoms in total. The normalized spacial score (nSPS) is 49.5. The van der Waals surface area contributed by atoms with Crippen LogP contribution in [0.5, 0.6) is 0 Å². The molecule has 0 aromatic carbocycles. The molecule has 0 aromatic rings. The van der Waals surface area contributed by atoms with E-state index in [1.54, 1.807) is 0 Å². The second-order valence-electron chi connectivity index (χ2n) is 6.59. The summed E-state index contributed by atoms with van der Waals surface area (Å²) in [7, 11) is 0. The minimum atomic E-state index is 0.0212. The zero-order valence-electron chi connectivity index (χ0n) is 10.9. The van der Waals surface area contributed by atoms with Crippen molar-refractivity contribution in [1.82, 2.24) is 0 Å². The van der Waals surface area contributed by atoms with Crippen molar-refractivity contribution in [2.24, 2.45) is 23.2 Å². The van der Waals surface area contributed by atoms with Crippen molar-refractivity contribution in [3.05, 3.63) is 12.2 Å². The SMILES string of the molecule is C=C1CCC[C@@]2(C)C[C@@H]3OC(=O)[C@@H](C)[C@H]3C[C@H]12. The zero-order valence-corrected chi connectivity index (χ0v) is 10.9. The smallest absolute Gasteiger partial charge is 0.309 e. The minimum Gasteiger partial charge on any atom is -0.462 e. The summed E-state index contributed by atoms with van der Waals surface area (Å²) in [6.07, 6.45) is 6.06. The van der Waals surface area contributed by atoms with Gasteiger partial charge in [-0.2, -0.15) is 0 Å². The molecule has 1 aliphatic heterocycles. The molecule has 5 atom stereocenters. The minimum absolute atomic E-state index is 0.0212. The molecule has 0 spiro atoms. The first-order valence-corrected chi connectivity index (χ1v) is 6.89. The van der Waals surface area contributed by atoms with E-state index in [1.165, 1.54) is 24.8 Å². The lowest BCUT2D eigenvalue weighted by atomic mass is 9.55. The van der Waals surface area contributed by atoms with E-state index in [1.807, 2.05) is 6.92 Å². The molecule has 1 heterocycles. The fraction of sp³-hybridized carbons (Fsp3) is 0.800. The molecule has 94 valence electrons. The standard InChI is InChI=1S/C15H22O2/c1-9-5-4-6-15(3)8-13-11(7-12(9)15)10(2)14(16)17-13/h10-13H,1,4-8H2,2-3H3/t10-,11+,12+,13-,15-/m0/s1. The Morgan fingerprint density at radius 3 is 3.00 bits per heavy atom. The van der Waals surface area contributed by atoms with Gasteiger partial charge in [0, 0.05) is 5.92 Å². The molecule has 3 fully saturated rings. The maximum Gasteiger partial charge on any atom is 0.309 e. The zero-order chi connectivity index (χ0) is 12.2. The summed E-state index contributed by atoms with van der Waals surface area (Å²) in [5, 5.41) is 0. The summed E-state index contributed by atoms with van der Waals surface area (Å²) in [4.78, 5) is 11.7. The predicted octanol–water partition coefficient (Wildman–Crippen LogP) is 3.32. The quantitative estimate of drug-likeness (QED) is 0.475. The molecule has 3 aliphatic rings. The largest absolute Gasteiger partial charge is 0.462 e. The highest BCUT2D eigenvalue weighted by molar-refractivity contribution is 5.75. The van der Waals surface area contributed by atoms with E-state index in [9.17, 15) is 4.79 Å². The first kappa shape index (κ1) is 11.3. The molecule has 0 amide bonds. The van der Waals surface area contributed by atoms with E-state index in [0.29, 0.717) is 17.3 Å². The molecule has 0 radical (unpaired) electrons. The van der Waals surface area contributed by atoms with Crippen molar-refractivity contribution in [2.75, 3.05) is 0 Å². The Labute approximate surface area is 103 Å². The second-order valence-corrected chi connectivity index (χ2v) is 6.59. The molecule has 2 heteroatoms. The Morgan fingerprint density at radius 1 is 1.47 bits per heavy atom. The highest BCUT2D eigenvalue weighted by Gasteiger charge is 2.53. The van der Waals surface area contributed by atoms with Gasteiger partial charge in [-0.25, -0.2) is 0 Å². The molecule has 0 bridgehead atoms. The maximum atomic E-state index is 11.7. The molecule has 0 unspecified atom stereocenters. The van der Waals surface area contributed by atoms with Gasteiger partial charge in [0.2, 0.25) is 0 Å². The molecule has 3 rings (SSSR count). The Bertz CT molecular complexity index is 373. The third-order valence-corrected chi connectivity index (χ3v) is 5.51. The van der Waals surface area contributed by atoms with Crippen LogP contribution in [-0.4, -0.2) is 12.1 Å². The van der Waals surface area contributed by atoms with Crippen LogP contribution in [0, 0.1) is 23.2 Å². The lowest BCUT2D eigenvalue weighted by Crippen LogP contribution is -2.44. The van der Waals surface area contributed by atoms with Gasteiger partial charge in [0.1, 0.15) is 6.10 Å². The van der Waals surface area contributed by atoms with Crippen LogP contribution in [0.15, 0.2) is 12.2 Å². The second kappa shape index (κ2) is 3.60. The van der Waals surface area contributed by atoms with Crippen LogP contribution >= 0.6 is 0 Å². The number of ether oxygens (including phenoxy) is 1. The summed E-state index contributed by atoms with van der Waals surface area (Å²) >= 11 is 0. The van der Waals surface area contributed by atoms with E-state index in [4.69, 9.17) is 4.74 Å². The van der Waals surface area contributed by atoms with Gasteiger partial charge in [-0.3, -0.25) is 4.79 Å². The number of hydrogen-bond donors (Lipinski definition) is 0. The fourth-order valence-electron chi connectivity index (χ4n) is 4.38. The summed E-state index contributed by atoms with van der Waals surface area (Å²) < 4.78 is 5.56. The topological polar surface area (TPSA) is 26.3 Å². The summed E-state index contributed by atoms with van der Waals surface area (Å²) in [5.74, 6) is 1.18. The van der Waals surface area contributed by atoms with Crippen LogP contribution in [-0.2, 0) is 9.53 Å². The van der Waals surface area contributed by atoms with Crippen molar-refractivity contribution >= 4 is 5.97 Å². The van der Waals surface area contributed by atoms with Crippen molar-refractivity contribution in [3.63, 3.8) is 0 Å². The third kappa shape index (κ3) is 1.56. The monoisotopic (exact) mass is 234 g/mol. The highest BCUT2D eigenvalue weighted by atomic mass is 16.6. The number of esters is 1. The van der Waals surface area contributed by atoms with Gasteiger partial charge in [0.15, 0.2) is 0 Å². The van der Waals surface area contributed by atoms with Crippen LogP contribution < -0.4 is 0 Å². The summed E-state index contributed by atoms with van der Waals surface area (Å²) in [6.45, 7) is 8.68. The van der Waals surface area contributed by atoms with Crippen LogP contribution in [0.4, 0.5) is 0 Å². The van der Waals surface area contributed by atoms with Gasteiger partial charge in [-0.05, 0) is 43.4 Å². The molecule has 2 saturated carbocycles. The van der Waals surface area contributed by atoms with Crippen molar-refractivity contribution < 1.29 is 9.53 Å². The van der Waals surface area contributed by atoms with E-state index in [-0.39, 0.29) is 18.0 Å². The number of allylic oxidation sites excluding steroid dienone is 1. The molecular weight excluding hydrogens is 212 g/mol. The number of carbonyl (C=O) groups excluding carboxylic acids is 1. The van der Waals surface area contributed by atoms with Crippen LogP contribution in [0.3, 0.4) is 0 Å². The number of hydrogen-bond acceptors (Lipinski definition) is 2. The van der Waals surface area contributed by atoms with E-state index >= 15 is 0 Å². The highest BCUT2D eigenvalue weighted by Crippen LogP contribution is 2.56. The predicted molar refractivity (Wildman–Crippen MR) is 66.4 cm³/mol. The van der Waals surface area contributed by atoms with Gasteiger partial charge in [0.25, 0.3) is 0 Å². The average molecular weight is 234 g/mol. The van der Waals surface area contributed by atoms with E-state index in [0.717, 1.165) is 12.8 Å². The van der Waals surface area contributed by atoms with E-state index < -0.39 is 0 Å². The van der Waals surface area contributed by atoms with Gasteiger partial charge < -0.3 is 4.74 Å². The Morgan fingerprint density at radius 2 is 2.24 bits per heavy atom. The van der Waals surface area contributed by atoms with Crippen LogP contribution in [0.25, 0.3) is 0 Å². The molecule has 0 aromatic heterocycles. The molecule has 0 N–H and O–H groups in total. The lowest BCUT2D eigenvalue weighted by Gasteiger charge is -2.49. The number of carbonyl (C=O) groups is 1. The fourth-order valence-corrected chi connectivity index (χ4v) is 4.38. The summed E-state index contributed by atoms with van der Waals surface area (Å²) in [5.41, 5.74) is 1.75. The van der Waals surface area contributed by atoms with Crippen LogP contribution in [0.1, 0.15) is 46.0 Å². The van der Waals surface area contributed by atoms with Gasteiger partial charge >= 0.3 is 5.97 Å². The van der Waals surface area contributed by atoms with Gasteiger partial charge in [-0.1, -0.05) is 26.0 Å². The lowest BCUT2D eigenvalue weighted by molar-refractivity contribution is -0.145. The molecular formula is C15H22O2. The average Bonchev–Trinajstić information content (AvgIpc) is 2.52. The molecule has 1 saturated heterocycles. The third-order valence-electron chi connectivity index (χ3n) is 5.51. The van der Waals surface area contributed by atoms with Crippen molar-refractivity contribution in [3.8, 4) is 0 Å². The van der Waals surface area contributed by atoms with Gasteiger partial charge in [0.05, 0.1) is 5.92 Å². The Kier molecular flexibility index (Phi) is 2.39. The van der Waals surface area contributed by atoms with Gasteiger partial charge in [-0.15, -0.1) is 0 Å². The van der Waals surface area contributed by atoms with Crippen molar-refractivity contribution in [2.45, 2.75) is 52.1 Å². The summed E-state index contributed by atoms with van der Waals surface area (Å²) in [6, 6.07) is 0. The molecule has 17 heavy (non-hydrogen) atoms. The first-order chi connectivity index (χ1) is 8.01. The molecule has 2 aliphatic carbocycles. The Hall–Kier alpha value is -0.790.